The number of hydrogen-bond donors (Lipinski definition) is 4. The summed E-state index contributed by atoms with van der Waals surface area (Å²) in [6.07, 6.45) is 0.238. The second-order valence-electron chi connectivity index (χ2n) is 8.29. The minimum Gasteiger partial charge on any atom is -0.396 e. The Kier molecular flexibility index (Phi) is 5.77. The van der Waals surface area contributed by atoms with Crippen LogP contribution < -0.4 is 0 Å². The van der Waals surface area contributed by atoms with E-state index in [1.165, 1.54) is 29.5 Å². The van der Waals surface area contributed by atoms with Crippen molar-refractivity contribution in [2.45, 2.75) is 55.8 Å². The second-order valence-corrected chi connectivity index (χ2v) is 8.73. The number of benzene rings is 2. The van der Waals surface area contributed by atoms with E-state index in [1.807, 2.05) is 30.3 Å². The molecule has 5 atom stereocenters. The van der Waals surface area contributed by atoms with Gasteiger partial charge in [-0.05, 0) is 66.0 Å². The highest BCUT2D eigenvalue weighted by Gasteiger charge is 2.43. The summed E-state index contributed by atoms with van der Waals surface area (Å²) in [6.45, 7) is -0.209. The summed E-state index contributed by atoms with van der Waals surface area (Å²) >= 11 is 6.01. The van der Waals surface area contributed by atoms with Crippen molar-refractivity contribution in [3.63, 3.8) is 0 Å². The molecule has 0 aliphatic heterocycles. The summed E-state index contributed by atoms with van der Waals surface area (Å²) in [5.41, 5.74) is 4.71. The molecule has 5 heteroatoms. The molecule has 150 valence electrons. The number of aliphatic hydroxyl groups excluding tert-OH is 4. The van der Waals surface area contributed by atoms with Crippen molar-refractivity contribution in [1.82, 2.24) is 0 Å². The molecule has 0 amide bonds. The third kappa shape index (κ3) is 3.98. The van der Waals surface area contributed by atoms with Crippen LogP contribution >= 0.6 is 11.6 Å². The first-order chi connectivity index (χ1) is 13.5. The van der Waals surface area contributed by atoms with Gasteiger partial charge in [0.15, 0.2) is 0 Å². The zero-order chi connectivity index (χ0) is 19.8. The standard InChI is InChI=1S/C23H27ClO4/c24-18-6-1-13(2-7-18)9-16-10-15(5-8-19(16)14-3-4-14)20-11-17(12-25)21(26)23(28)22(20)27/h1-2,5-8,10,14,17,20-23,25-28H,3-4,9,11-12H2/t17-,20+,21-,22+,23+/m1/s1. The molecule has 2 aliphatic rings. The van der Waals surface area contributed by atoms with E-state index >= 15 is 0 Å². The van der Waals surface area contributed by atoms with Crippen LogP contribution in [0.2, 0.25) is 5.02 Å². The Labute approximate surface area is 170 Å². The topological polar surface area (TPSA) is 80.9 Å². The maximum atomic E-state index is 10.6. The van der Waals surface area contributed by atoms with E-state index in [0.717, 1.165) is 12.0 Å². The van der Waals surface area contributed by atoms with Crippen LogP contribution in [0.5, 0.6) is 0 Å². The molecule has 2 aliphatic carbocycles. The fourth-order valence-corrected chi connectivity index (χ4v) is 4.59. The van der Waals surface area contributed by atoms with E-state index in [0.29, 0.717) is 17.4 Å². The molecular formula is C23H27ClO4. The summed E-state index contributed by atoms with van der Waals surface area (Å²) in [5.74, 6) is -0.149. The quantitative estimate of drug-likeness (QED) is 0.619. The van der Waals surface area contributed by atoms with Crippen LogP contribution in [0.25, 0.3) is 0 Å². The normalized spacial score (nSPS) is 30.4. The monoisotopic (exact) mass is 402 g/mol. The van der Waals surface area contributed by atoms with Crippen LogP contribution in [-0.2, 0) is 6.42 Å². The van der Waals surface area contributed by atoms with E-state index in [2.05, 4.69) is 12.1 Å². The molecule has 2 fully saturated rings. The number of hydrogen-bond acceptors (Lipinski definition) is 4. The average molecular weight is 403 g/mol. The molecule has 4 nitrogen and oxygen atoms in total. The zero-order valence-corrected chi connectivity index (χ0v) is 16.5. The van der Waals surface area contributed by atoms with Crippen LogP contribution in [0.3, 0.4) is 0 Å². The number of halogens is 1. The smallest absolute Gasteiger partial charge is 0.107 e. The molecule has 0 bridgehead atoms. The Balaban J connectivity index is 1.65. The van der Waals surface area contributed by atoms with Gasteiger partial charge in [-0.3, -0.25) is 0 Å². The molecule has 0 radical (unpaired) electrons. The minimum absolute atomic E-state index is 0.209. The average Bonchev–Trinajstić information content (AvgIpc) is 3.53. The van der Waals surface area contributed by atoms with Gasteiger partial charge in [-0.15, -0.1) is 0 Å². The molecule has 0 aromatic heterocycles. The zero-order valence-electron chi connectivity index (χ0n) is 15.7. The summed E-state index contributed by atoms with van der Waals surface area (Å²) in [4.78, 5) is 0. The van der Waals surface area contributed by atoms with Gasteiger partial charge in [-0.2, -0.15) is 0 Å². The molecule has 0 unspecified atom stereocenters. The van der Waals surface area contributed by atoms with Crippen LogP contribution in [0.15, 0.2) is 42.5 Å². The van der Waals surface area contributed by atoms with Crippen molar-refractivity contribution in [3.05, 3.63) is 69.7 Å². The molecule has 2 aromatic carbocycles. The van der Waals surface area contributed by atoms with Crippen molar-refractivity contribution in [1.29, 1.82) is 0 Å². The lowest BCUT2D eigenvalue weighted by atomic mass is 9.72. The van der Waals surface area contributed by atoms with Crippen molar-refractivity contribution in [3.8, 4) is 0 Å². The predicted octanol–water partition coefficient (Wildman–Crippen LogP) is 2.99. The lowest BCUT2D eigenvalue weighted by Crippen LogP contribution is -2.51. The Morgan fingerprint density at radius 3 is 2.25 bits per heavy atom. The van der Waals surface area contributed by atoms with E-state index in [9.17, 15) is 20.4 Å². The van der Waals surface area contributed by atoms with Crippen LogP contribution in [0, 0.1) is 5.92 Å². The SMILES string of the molecule is OC[C@H]1C[C@@H](c2ccc(C3CC3)c(Cc3ccc(Cl)cc3)c2)[C@H](O)[C@@H](O)[C@@H]1O. The van der Waals surface area contributed by atoms with Gasteiger partial charge < -0.3 is 20.4 Å². The molecule has 0 heterocycles. The summed E-state index contributed by atoms with van der Waals surface area (Å²) in [7, 11) is 0. The first-order valence-electron chi connectivity index (χ1n) is 10.00. The van der Waals surface area contributed by atoms with E-state index in [1.54, 1.807) is 0 Å². The van der Waals surface area contributed by atoms with E-state index < -0.39 is 24.2 Å². The highest BCUT2D eigenvalue weighted by atomic mass is 35.5. The molecule has 2 saturated carbocycles. The van der Waals surface area contributed by atoms with Crippen molar-refractivity contribution >= 4 is 11.6 Å². The molecule has 28 heavy (non-hydrogen) atoms. The highest BCUT2D eigenvalue weighted by Crippen LogP contribution is 2.44. The van der Waals surface area contributed by atoms with Gasteiger partial charge in [0.25, 0.3) is 0 Å². The second kappa shape index (κ2) is 8.13. The molecule has 2 aromatic rings. The van der Waals surface area contributed by atoms with Gasteiger partial charge >= 0.3 is 0 Å². The molecule has 4 rings (SSSR count). The fourth-order valence-electron chi connectivity index (χ4n) is 4.46. The van der Waals surface area contributed by atoms with Crippen molar-refractivity contribution in [2.75, 3.05) is 6.61 Å². The first kappa shape index (κ1) is 19.9. The van der Waals surface area contributed by atoms with Crippen LogP contribution in [-0.4, -0.2) is 45.3 Å². The van der Waals surface area contributed by atoms with Gasteiger partial charge in [0.2, 0.25) is 0 Å². The predicted molar refractivity (Wildman–Crippen MR) is 109 cm³/mol. The lowest BCUT2D eigenvalue weighted by molar-refractivity contribution is -0.127. The Bertz CT molecular complexity index is 816. The Morgan fingerprint density at radius 1 is 0.893 bits per heavy atom. The van der Waals surface area contributed by atoms with Gasteiger partial charge in [0.1, 0.15) is 6.10 Å². The van der Waals surface area contributed by atoms with Crippen LogP contribution in [0.1, 0.15) is 53.4 Å². The minimum atomic E-state index is -1.25. The van der Waals surface area contributed by atoms with Gasteiger partial charge in [-0.1, -0.05) is 41.9 Å². The highest BCUT2D eigenvalue weighted by molar-refractivity contribution is 6.30. The van der Waals surface area contributed by atoms with E-state index in [-0.39, 0.29) is 12.5 Å². The lowest BCUT2D eigenvalue weighted by Gasteiger charge is -2.40. The van der Waals surface area contributed by atoms with Crippen molar-refractivity contribution < 1.29 is 20.4 Å². The van der Waals surface area contributed by atoms with Crippen molar-refractivity contribution in [2.24, 2.45) is 5.92 Å². The molecular weight excluding hydrogens is 376 g/mol. The first-order valence-corrected chi connectivity index (χ1v) is 10.4. The Morgan fingerprint density at radius 2 is 1.61 bits per heavy atom. The van der Waals surface area contributed by atoms with E-state index in [4.69, 9.17) is 11.6 Å². The maximum Gasteiger partial charge on any atom is 0.107 e. The molecule has 0 spiro atoms. The Hall–Kier alpha value is -1.43. The maximum absolute atomic E-state index is 10.6. The summed E-state index contributed by atoms with van der Waals surface area (Å²) in [6, 6.07) is 14.2. The van der Waals surface area contributed by atoms with Gasteiger partial charge in [-0.25, -0.2) is 0 Å². The summed E-state index contributed by atoms with van der Waals surface area (Å²) < 4.78 is 0. The number of aliphatic hydroxyl groups is 4. The van der Waals surface area contributed by atoms with Crippen LogP contribution in [0.4, 0.5) is 0 Å². The molecule has 0 saturated heterocycles. The van der Waals surface area contributed by atoms with Gasteiger partial charge in [0.05, 0.1) is 12.2 Å². The van der Waals surface area contributed by atoms with Gasteiger partial charge in [0, 0.05) is 23.5 Å². The fraction of sp³-hybridized carbons (Fsp3) is 0.478. The largest absolute Gasteiger partial charge is 0.396 e. The molecule has 4 N–H and O–H groups in total. The number of rotatable bonds is 5. The third-order valence-corrected chi connectivity index (χ3v) is 6.56. The third-order valence-electron chi connectivity index (χ3n) is 6.31. The summed E-state index contributed by atoms with van der Waals surface area (Å²) in [5, 5.41) is 41.2.